The molecule has 96 valence electrons. The fraction of sp³-hybridized carbons (Fsp3) is 0.500. The zero-order valence-electron chi connectivity index (χ0n) is 11.5. The summed E-state index contributed by atoms with van der Waals surface area (Å²) in [5.74, 6) is 1.40. The van der Waals surface area contributed by atoms with E-state index in [0.29, 0.717) is 12.0 Å². The van der Waals surface area contributed by atoms with E-state index in [-0.39, 0.29) is 0 Å². The Labute approximate surface area is 108 Å². The molecule has 1 aromatic heterocycles. The van der Waals surface area contributed by atoms with Crippen molar-refractivity contribution in [2.24, 2.45) is 13.0 Å². The van der Waals surface area contributed by atoms with Gasteiger partial charge in [-0.2, -0.15) is 0 Å². The zero-order valence-corrected chi connectivity index (χ0v) is 11.5. The number of aromatic nitrogens is 3. The lowest BCUT2D eigenvalue weighted by Crippen LogP contribution is -2.39. The molecule has 0 fully saturated rings. The van der Waals surface area contributed by atoms with E-state index in [1.165, 1.54) is 0 Å². The van der Waals surface area contributed by atoms with E-state index in [9.17, 15) is 0 Å². The molecule has 1 atom stereocenters. The molecular weight excluding hydrogens is 224 g/mol. The molecule has 0 aliphatic heterocycles. The van der Waals surface area contributed by atoms with Gasteiger partial charge in [-0.05, 0) is 24.5 Å². The first-order valence-corrected chi connectivity index (χ1v) is 6.51. The number of fused-ring (bicyclic) bond motifs is 1. The third-order valence-corrected chi connectivity index (χ3v) is 3.37. The van der Waals surface area contributed by atoms with Crippen molar-refractivity contribution in [2.45, 2.75) is 33.2 Å². The number of anilines is 1. The topological polar surface area (TPSA) is 41.7 Å². The van der Waals surface area contributed by atoms with Crippen LogP contribution >= 0.6 is 0 Å². The third-order valence-electron chi connectivity index (χ3n) is 3.37. The molecule has 1 heterocycles. The summed E-state index contributed by atoms with van der Waals surface area (Å²) < 4.78 is 2.06. The summed E-state index contributed by atoms with van der Waals surface area (Å²) in [4.78, 5) is 0. The van der Waals surface area contributed by atoms with Gasteiger partial charge in [0, 0.05) is 5.10 Å². The second-order valence-corrected chi connectivity index (χ2v) is 4.97. The molecule has 0 saturated carbocycles. The Morgan fingerprint density at radius 2 is 1.94 bits per heavy atom. The van der Waals surface area contributed by atoms with Gasteiger partial charge < -0.3 is 0 Å². The van der Waals surface area contributed by atoms with Crippen molar-refractivity contribution < 1.29 is 4.57 Å². The normalized spacial score (nSPS) is 12.9. The average Bonchev–Trinajstić information content (AvgIpc) is 2.38. The molecule has 0 saturated heterocycles. The summed E-state index contributed by atoms with van der Waals surface area (Å²) in [5, 5.41) is 12.0. The van der Waals surface area contributed by atoms with Crippen LogP contribution in [0.4, 0.5) is 5.95 Å². The molecule has 4 heteroatoms. The first kappa shape index (κ1) is 12.7. The number of nitrogens with one attached hydrogen (secondary N) is 1. The van der Waals surface area contributed by atoms with Gasteiger partial charge in [-0.1, -0.05) is 38.0 Å². The first-order chi connectivity index (χ1) is 8.63. The highest BCUT2D eigenvalue weighted by Gasteiger charge is 2.20. The molecule has 0 aliphatic carbocycles. The van der Waals surface area contributed by atoms with Crippen molar-refractivity contribution in [1.82, 2.24) is 10.2 Å². The fourth-order valence-electron chi connectivity index (χ4n) is 2.15. The molecule has 0 spiro atoms. The molecule has 1 unspecified atom stereocenters. The van der Waals surface area contributed by atoms with Crippen molar-refractivity contribution in [2.75, 3.05) is 5.32 Å². The molecule has 2 rings (SSSR count). The van der Waals surface area contributed by atoms with Crippen LogP contribution < -0.4 is 9.88 Å². The minimum Gasteiger partial charge on any atom is -0.270 e. The summed E-state index contributed by atoms with van der Waals surface area (Å²) in [6.45, 7) is 6.62. The lowest BCUT2D eigenvalue weighted by Gasteiger charge is -2.17. The highest BCUT2D eigenvalue weighted by Crippen LogP contribution is 2.12. The van der Waals surface area contributed by atoms with Crippen molar-refractivity contribution in [3.63, 3.8) is 0 Å². The minimum absolute atomic E-state index is 0.423. The monoisotopic (exact) mass is 245 g/mol. The third kappa shape index (κ3) is 2.42. The summed E-state index contributed by atoms with van der Waals surface area (Å²) in [5.41, 5.74) is 2.01. The number of nitrogens with zero attached hydrogens (tertiary/aromatic N) is 3. The van der Waals surface area contributed by atoms with Crippen molar-refractivity contribution >= 4 is 17.0 Å². The number of hydrogen-bond acceptors (Lipinski definition) is 3. The Morgan fingerprint density at radius 1 is 1.22 bits per heavy atom. The summed E-state index contributed by atoms with van der Waals surface area (Å²) in [6.07, 6.45) is 1.08. The number of benzene rings is 1. The molecule has 2 aromatic rings. The van der Waals surface area contributed by atoms with E-state index in [2.05, 4.69) is 46.9 Å². The highest BCUT2D eigenvalue weighted by atomic mass is 15.3. The van der Waals surface area contributed by atoms with E-state index in [1.807, 2.05) is 25.2 Å². The van der Waals surface area contributed by atoms with Gasteiger partial charge in [0.15, 0.2) is 0 Å². The van der Waals surface area contributed by atoms with E-state index >= 15 is 0 Å². The van der Waals surface area contributed by atoms with Gasteiger partial charge in [0.2, 0.25) is 0 Å². The zero-order chi connectivity index (χ0) is 13.1. The van der Waals surface area contributed by atoms with E-state index in [0.717, 1.165) is 23.4 Å². The van der Waals surface area contributed by atoms with Crippen molar-refractivity contribution in [1.29, 1.82) is 0 Å². The number of para-hydroxylation sites is 1. The van der Waals surface area contributed by atoms with Gasteiger partial charge in [-0.25, -0.2) is 4.57 Å². The molecular formula is C14H21N4+. The fourth-order valence-corrected chi connectivity index (χ4v) is 2.15. The maximum atomic E-state index is 4.28. The van der Waals surface area contributed by atoms with Crippen LogP contribution in [0.1, 0.15) is 27.2 Å². The molecule has 1 aromatic carbocycles. The number of hydrogen-bond donors (Lipinski definition) is 1. The summed E-state index contributed by atoms with van der Waals surface area (Å²) in [6, 6.07) is 8.46. The Kier molecular flexibility index (Phi) is 3.75. The second kappa shape index (κ2) is 5.29. The van der Waals surface area contributed by atoms with Crippen molar-refractivity contribution in [3.8, 4) is 0 Å². The standard InChI is InChI=1S/C14H20N4/c1-5-11(10(2)3)15-14-17-16-12-8-6-7-9-13(12)18(14)4/h6-11H,5H2,1-4H3/p+1. The molecule has 0 radical (unpaired) electrons. The second-order valence-electron chi connectivity index (χ2n) is 4.97. The molecule has 0 aliphatic rings. The Morgan fingerprint density at radius 3 is 2.61 bits per heavy atom. The highest BCUT2D eigenvalue weighted by molar-refractivity contribution is 5.70. The van der Waals surface area contributed by atoms with Crippen LogP contribution in [0.15, 0.2) is 24.3 Å². The minimum atomic E-state index is 0.423. The largest absolute Gasteiger partial charge is 0.415 e. The van der Waals surface area contributed by atoms with Crippen LogP contribution in [-0.4, -0.2) is 16.2 Å². The maximum absolute atomic E-state index is 4.28. The first-order valence-electron chi connectivity index (χ1n) is 6.51. The summed E-state index contributed by atoms with van der Waals surface area (Å²) >= 11 is 0. The van der Waals surface area contributed by atoms with Gasteiger partial charge in [0.1, 0.15) is 11.0 Å². The van der Waals surface area contributed by atoms with Crippen LogP contribution in [-0.2, 0) is 7.05 Å². The molecule has 18 heavy (non-hydrogen) atoms. The smallest absolute Gasteiger partial charge is 0.270 e. The van der Waals surface area contributed by atoms with Gasteiger partial charge in [-0.15, -0.1) is 0 Å². The summed E-state index contributed by atoms with van der Waals surface area (Å²) in [7, 11) is 2.02. The SMILES string of the molecule is CCC(Nc1nnc2ccccc2[n+]1C)C(C)C. The lowest BCUT2D eigenvalue weighted by molar-refractivity contribution is -0.633. The Balaban J connectivity index is 2.37. The Bertz CT molecular complexity index is 536. The molecule has 4 nitrogen and oxygen atoms in total. The van der Waals surface area contributed by atoms with Crippen LogP contribution in [0.25, 0.3) is 11.0 Å². The number of rotatable bonds is 4. The Hall–Kier alpha value is -1.71. The van der Waals surface area contributed by atoms with Gasteiger partial charge in [0.25, 0.3) is 0 Å². The van der Waals surface area contributed by atoms with Crippen LogP contribution in [0.5, 0.6) is 0 Å². The van der Waals surface area contributed by atoms with Gasteiger partial charge in [-0.3, -0.25) is 5.32 Å². The number of aryl methyl sites for hydroxylation is 1. The quantitative estimate of drug-likeness (QED) is 0.840. The lowest BCUT2D eigenvalue weighted by atomic mass is 10.0. The van der Waals surface area contributed by atoms with Gasteiger partial charge in [0.05, 0.1) is 13.1 Å². The van der Waals surface area contributed by atoms with Crippen LogP contribution in [0.2, 0.25) is 0 Å². The molecule has 0 amide bonds. The van der Waals surface area contributed by atoms with E-state index < -0.39 is 0 Å². The maximum Gasteiger partial charge on any atom is 0.415 e. The van der Waals surface area contributed by atoms with Crippen LogP contribution in [0.3, 0.4) is 0 Å². The molecule has 0 bridgehead atoms. The predicted octanol–water partition coefficient (Wildman–Crippen LogP) is 2.30. The van der Waals surface area contributed by atoms with E-state index in [4.69, 9.17) is 0 Å². The van der Waals surface area contributed by atoms with Crippen molar-refractivity contribution in [3.05, 3.63) is 24.3 Å². The average molecular weight is 245 g/mol. The van der Waals surface area contributed by atoms with Gasteiger partial charge >= 0.3 is 5.95 Å². The predicted molar refractivity (Wildman–Crippen MR) is 73.3 cm³/mol. The molecule has 1 N–H and O–H groups in total. The van der Waals surface area contributed by atoms with E-state index in [1.54, 1.807) is 0 Å². The van der Waals surface area contributed by atoms with Crippen LogP contribution in [0, 0.1) is 5.92 Å².